The van der Waals surface area contributed by atoms with Crippen LogP contribution in [0.1, 0.15) is 28.4 Å². The van der Waals surface area contributed by atoms with Gasteiger partial charge in [-0.3, -0.25) is 14.6 Å². The molecule has 1 unspecified atom stereocenters. The Morgan fingerprint density at radius 2 is 1.68 bits per heavy atom. The molecule has 0 fully saturated rings. The van der Waals surface area contributed by atoms with E-state index in [0.717, 1.165) is 16.8 Å². The van der Waals surface area contributed by atoms with Crippen molar-refractivity contribution in [3.05, 3.63) is 102 Å². The number of aromatic nitrogens is 2. The van der Waals surface area contributed by atoms with Crippen molar-refractivity contribution in [1.82, 2.24) is 15.3 Å². The van der Waals surface area contributed by atoms with Crippen molar-refractivity contribution in [2.75, 3.05) is 5.32 Å². The molecule has 31 heavy (non-hydrogen) atoms. The number of hydrogen-bond donors (Lipinski definition) is 2. The fraction of sp³-hybridized carbons (Fsp3) is 0.0833. The lowest BCUT2D eigenvalue weighted by Gasteiger charge is -2.19. The van der Waals surface area contributed by atoms with Crippen molar-refractivity contribution >= 4 is 28.3 Å². The van der Waals surface area contributed by atoms with Gasteiger partial charge in [0.05, 0.1) is 18.2 Å². The van der Waals surface area contributed by atoms with Gasteiger partial charge in [0, 0.05) is 28.9 Å². The van der Waals surface area contributed by atoms with Gasteiger partial charge in [-0.2, -0.15) is 0 Å². The normalized spacial score (nSPS) is 11.5. The molecule has 0 aliphatic rings. The summed E-state index contributed by atoms with van der Waals surface area (Å²) in [6.45, 7) is 0. The second kappa shape index (κ2) is 9.77. The maximum Gasteiger partial charge on any atom is 0.251 e. The molecule has 0 aliphatic carbocycles. The van der Waals surface area contributed by atoms with E-state index in [4.69, 9.17) is 0 Å². The summed E-state index contributed by atoms with van der Waals surface area (Å²) in [5.41, 5.74) is 3.05. The number of pyridine rings is 1. The summed E-state index contributed by atoms with van der Waals surface area (Å²) in [6, 6.07) is 21.7. The van der Waals surface area contributed by atoms with Crippen LogP contribution in [0.4, 0.5) is 5.13 Å². The standard InChI is InChI=1S/C24H20N4O2S/c29-22(28-24-27-21(16-31-24)19-12-7-13-25-15-19)14-20(17-8-3-1-4-9-17)26-23(30)18-10-5-2-6-11-18/h1-13,15-16,20H,14H2,(H,26,30)(H,27,28,29). The zero-order valence-corrected chi connectivity index (χ0v) is 17.4. The smallest absolute Gasteiger partial charge is 0.251 e. The Hall–Kier alpha value is -3.84. The first-order valence-corrected chi connectivity index (χ1v) is 10.6. The first kappa shape index (κ1) is 20.4. The Morgan fingerprint density at radius 3 is 2.39 bits per heavy atom. The fourth-order valence-corrected chi connectivity index (χ4v) is 3.84. The summed E-state index contributed by atoms with van der Waals surface area (Å²) >= 11 is 1.35. The summed E-state index contributed by atoms with van der Waals surface area (Å²) in [5.74, 6) is -0.454. The van der Waals surface area contributed by atoms with Gasteiger partial charge in [-0.25, -0.2) is 4.98 Å². The number of carbonyl (C=O) groups is 2. The third-order valence-corrected chi connectivity index (χ3v) is 5.40. The number of benzene rings is 2. The van der Waals surface area contributed by atoms with Crippen LogP contribution < -0.4 is 10.6 Å². The van der Waals surface area contributed by atoms with E-state index in [9.17, 15) is 9.59 Å². The molecule has 2 aromatic carbocycles. The predicted octanol–water partition coefficient (Wildman–Crippen LogP) is 4.71. The predicted molar refractivity (Wildman–Crippen MR) is 122 cm³/mol. The number of rotatable bonds is 7. The van der Waals surface area contributed by atoms with Gasteiger partial charge >= 0.3 is 0 Å². The van der Waals surface area contributed by atoms with E-state index in [1.54, 1.807) is 36.7 Å². The Morgan fingerprint density at radius 1 is 0.935 bits per heavy atom. The third kappa shape index (κ3) is 5.40. The maximum atomic E-state index is 12.8. The molecule has 0 saturated heterocycles. The van der Waals surface area contributed by atoms with Gasteiger partial charge in [0.25, 0.3) is 5.91 Å². The second-order valence-corrected chi connectivity index (χ2v) is 7.69. The zero-order valence-electron chi connectivity index (χ0n) is 16.6. The number of amides is 2. The molecule has 4 rings (SSSR count). The molecule has 6 nitrogen and oxygen atoms in total. The Bertz CT molecular complexity index is 1150. The minimum atomic E-state index is -0.466. The van der Waals surface area contributed by atoms with Gasteiger partial charge in [-0.05, 0) is 29.8 Å². The van der Waals surface area contributed by atoms with Crippen LogP contribution >= 0.6 is 11.3 Å². The molecule has 4 aromatic rings. The fourth-order valence-electron chi connectivity index (χ4n) is 3.10. The monoisotopic (exact) mass is 428 g/mol. The number of hydrogen-bond acceptors (Lipinski definition) is 5. The van der Waals surface area contributed by atoms with Crippen molar-refractivity contribution in [1.29, 1.82) is 0 Å². The van der Waals surface area contributed by atoms with Gasteiger partial charge < -0.3 is 10.6 Å². The summed E-state index contributed by atoms with van der Waals surface area (Å²) < 4.78 is 0. The van der Waals surface area contributed by atoms with Gasteiger partial charge in [0.1, 0.15) is 0 Å². The van der Waals surface area contributed by atoms with Gasteiger partial charge in [-0.15, -0.1) is 11.3 Å². The SMILES string of the molecule is O=C(CC(NC(=O)c1ccccc1)c1ccccc1)Nc1nc(-c2cccnc2)cs1. The summed E-state index contributed by atoms with van der Waals surface area (Å²) in [5, 5.41) is 8.19. The quantitative estimate of drug-likeness (QED) is 0.447. The summed E-state index contributed by atoms with van der Waals surface area (Å²) in [6.07, 6.45) is 3.52. The van der Waals surface area contributed by atoms with Crippen LogP contribution in [0.3, 0.4) is 0 Å². The molecular weight excluding hydrogens is 408 g/mol. The number of carbonyl (C=O) groups excluding carboxylic acids is 2. The van der Waals surface area contributed by atoms with Crippen LogP contribution in [0.15, 0.2) is 90.6 Å². The van der Waals surface area contributed by atoms with Crippen LogP contribution in [-0.2, 0) is 4.79 Å². The maximum absolute atomic E-state index is 12.8. The van der Waals surface area contributed by atoms with E-state index in [-0.39, 0.29) is 18.2 Å². The molecule has 154 valence electrons. The third-order valence-electron chi connectivity index (χ3n) is 4.64. The molecule has 0 spiro atoms. The Labute approximate surface area is 184 Å². The van der Waals surface area contributed by atoms with Gasteiger partial charge in [0.2, 0.25) is 5.91 Å². The number of anilines is 1. The van der Waals surface area contributed by atoms with Crippen molar-refractivity contribution in [2.24, 2.45) is 0 Å². The molecule has 0 radical (unpaired) electrons. The molecule has 1 atom stereocenters. The number of thiazole rings is 1. The highest BCUT2D eigenvalue weighted by molar-refractivity contribution is 7.14. The minimum Gasteiger partial charge on any atom is -0.345 e. The van der Waals surface area contributed by atoms with Crippen molar-refractivity contribution in [3.8, 4) is 11.3 Å². The molecule has 2 aromatic heterocycles. The van der Waals surface area contributed by atoms with E-state index in [1.807, 2.05) is 53.9 Å². The Balaban J connectivity index is 1.46. The first-order chi connectivity index (χ1) is 15.2. The van der Waals surface area contributed by atoms with E-state index in [0.29, 0.717) is 10.7 Å². The molecule has 2 heterocycles. The topological polar surface area (TPSA) is 84.0 Å². The molecule has 0 aliphatic heterocycles. The summed E-state index contributed by atoms with van der Waals surface area (Å²) in [7, 11) is 0. The largest absolute Gasteiger partial charge is 0.345 e. The van der Waals surface area contributed by atoms with Crippen LogP contribution in [0, 0.1) is 0 Å². The second-order valence-electron chi connectivity index (χ2n) is 6.83. The lowest BCUT2D eigenvalue weighted by molar-refractivity contribution is -0.116. The summed E-state index contributed by atoms with van der Waals surface area (Å²) in [4.78, 5) is 34.0. The van der Waals surface area contributed by atoms with Crippen LogP contribution in [0.25, 0.3) is 11.3 Å². The molecule has 0 bridgehead atoms. The first-order valence-electron chi connectivity index (χ1n) is 9.75. The van der Waals surface area contributed by atoms with Crippen LogP contribution in [-0.4, -0.2) is 21.8 Å². The highest BCUT2D eigenvalue weighted by atomic mass is 32.1. The average Bonchev–Trinajstić information content (AvgIpc) is 3.28. The van der Waals surface area contributed by atoms with Crippen molar-refractivity contribution in [2.45, 2.75) is 12.5 Å². The average molecular weight is 429 g/mol. The molecule has 2 amide bonds. The highest BCUT2D eigenvalue weighted by Gasteiger charge is 2.20. The van der Waals surface area contributed by atoms with E-state index >= 15 is 0 Å². The van der Waals surface area contributed by atoms with E-state index in [1.165, 1.54) is 11.3 Å². The zero-order chi connectivity index (χ0) is 21.5. The number of nitrogens with zero attached hydrogens (tertiary/aromatic N) is 2. The van der Waals surface area contributed by atoms with Gasteiger partial charge in [-0.1, -0.05) is 48.5 Å². The molecule has 2 N–H and O–H groups in total. The molecule has 7 heteroatoms. The lowest BCUT2D eigenvalue weighted by Crippen LogP contribution is -2.31. The Kier molecular flexibility index (Phi) is 6.44. The van der Waals surface area contributed by atoms with E-state index in [2.05, 4.69) is 20.6 Å². The molecular formula is C24H20N4O2S. The van der Waals surface area contributed by atoms with Crippen LogP contribution in [0.2, 0.25) is 0 Å². The lowest BCUT2D eigenvalue weighted by atomic mass is 10.0. The van der Waals surface area contributed by atoms with Gasteiger partial charge in [0.15, 0.2) is 5.13 Å². The molecule has 0 saturated carbocycles. The van der Waals surface area contributed by atoms with Crippen molar-refractivity contribution < 1.29 is 9.59 Å². The minimum absolute atomic E-state index is 0.0877. The number of nitrogens with one attached hydrogen (secondary N) is 2. The van der Waals surface area contributed by atoms with E-state index < -0.39 is 6.04 Å². The highest BCUT2D eigenvalue weighted by Crippen LogP contribution is 2.25. The van der Waals surface area contributed by atoms with Crippen molar-refractivity contribution in [3.63, 3.8) is 0 Å². The van der Waals surface area contributed by atoms with Crippen LogP contribution in [0.5, 0.6) is 0 Å².